The number of hydrogen-bond donors (Lipinski definition) is 2. The summed E-state index contributed by atoms with van der Waals surface area (Å²) >= 11 is 0. The molecule has 0 aliphatic carbocycles. The molecule has 0 bridgehead atoms. The summed E-state index contributed by atoms with van der Waals surface area (Å²) in [5.41, 5.74) is 10.2. The molecular formula is C10H22N4O. The molecule has 0 saturated carbocycles. The molecule has 1 saturated heterocycles. The predicted molar refractivity (Wildman–Crippen MR) is 60.3 cm³/mol. The molecule has 5 heteroatoms. The summed E-state index contributed by atoms with van der Waals surface area (Å²) < 4.78 is 0. The summed E-state index contributed by atoms with van der Waals surface area (Å²) in [5, 5.41) is 0. The summed E-state index contributed by atoms with van der Waals surface area (Å²) in [6, 6.07) is 0. The second-order valence-corrected chi connectivity index (χ2v) is 4.71. The van der Waals surface area contributed by atoms with Gasteiger partial charge in [-0.05, 0) is 33.5 Å². The topological polar surface area (TPSA) is 75.6 Å². The Kier molecular flexibility index (Phi) is 4.07. The van der Waals surface area contributed by atoms with Crippen LogP contribution in [0.25, 0.3) is 0 Å². The van der Waals surface area contributed by atoms with Crippen LogP contribution < -0.4 is 11.5 Å². The summed E-state index contributed by atoms with van der Waals surface area (Å²) in [6.07, 6.45) is 1.12. The van der Waals surface area contributed by atoms with Crippen LogP contribution in [0.1, 0.15) is 13.3 Å². The number of carbonyl (C=O) groups is 1. The molecular weight excluding hydrogens is 192 g/mol. The number of primary amides is 1. The highest BCUT2D eigenvalue weighted by Crippen LogP contribution is 2.06. The van der Waals surface area contributed by atoms with Gasteiger partial charge in [0.05, 0.1) is 0 Å². The van der Waals surface area contributed by atoms with E-state index in [1.54, 1.807) is 6.92 Å². The maximum Gasteiger partial charge on any atom is 0.238 e. The van der Waals surface area contributed by atoms with Crippen LogP contribution in [0.3, 0.4) is 0 Å². The SMILES string of the molecule is CN1CCCN(CC(C)(N)C(N)=O)CC1. The third kappa shape index (κ3) is 3.77. The normalized spacial score (nSPS) is 24.5. The number of nitrogens with two attached hydrogens (primary N) is 2. The quantitative estimate of drug-likeness (QED) is 0.620. The minimum atomic E-state index is -0.914. The Hall–Kier alpha value is -0.650. The third-order valence-electron chi connectivity index (χ3n) is 2.93. The zero-order chi connectivity index (χ0) is 11.5. The van der Waals surface area contributed by atoms with Gasteiger partial charge in [-0.3, -0.25) is 9.69 Å². The molecule has 0 aromatic rings. The standard InChI is InChI=1S/C10H22N4O/c1-10(12,9(11)15)8-14-5-3-4-13(2)6-7-14/h3-8,12H2,1-2H3,(H2,11,15). The predicted octanol–water partition coefficient (Wildman–Crippen LogP) is -1.17. The molecule has 1 heterocycles. The highest BCUT2D eigenvalue weighted by Gasteiger charge is 2.28. The van der Waals surface area contributed by atoms with Crippen molar-refractivity contribution in [1.29, 1.82) is 0 Å². The molecule has 1 aliphatic rings. The second kappa shape index (κ2) is 4.92. The Morgan fingerprint density at radius 2 is 2.00 bits per heavy atom. The molecule has 5 nitrogen and oxygen atoms in total. The van der Waals surface area contributed by atoms with E-state index in [-0.39, 0.29) is 0 Å². The average Bonchev–Trinajstić information content (AvgIpc) is 2.30. The van der Waals surface area contributed by atoms with Gasteiger partial charge in [-0.25, -0.2) is 0 Å². The van der Waals surface area contributed by atoms with Gasteiger partial charge in [-0.1, -0.05) is 0 Å². The number of hydrogen-bond acceptors (Lipinski definition) is 4. The van der Waals surface area contributed by atoms with Crippen LogP contribution in [0.15, 0.2) is 0 Å². The van der Waals surface area contributed by atoms with Crippen molar-refractivity contribution in [2.75, 3.05) is 39.8 Å². The van der Waals surface area contributed by atoms with Crippen molar-refractivity contribution in [3.05, 3.63) is 0 Å². The van der Waals surface area contributed by atoms with Gasteiger partial charge in [0.1, 0.15) is 5.54 Å². The summed E-state index contributed by atoms with van der Waals surface area (Å²) in [7, 11) is 2.11. The van der Waals surface area contributed by atoms with E-state index in [1.807, 2.05) is 0 Å². The summed E-state index contributed by atoms with van der Waals surface area (Å²) in [5.74, 6) is -0.430. The Morgan fingerprint density at radius 3 is 2.60 bits per heavy atom. The van der Waals surface area contributed by atoms with Crippen LogP contribution in [-0.2, 0) is 4.79 Å². The van der Waals surface area contributed by atoms with Crippen LogP contribution >= 0.6 is 0 Å². The lowest BCUT2D eigenvalue weighted by Crippen LogP contribution is -2.57. The first-order valence-corrected chi connectivity index (χ1v) is 5.41. The Bertz CT molecular complexity index is 229. The molecule has 1 rings (SSSR count). The fraction of sp³-hybridized carbons (Fsp3) is 0.900. The van der Waals surface area contributed by atoms with Crippen LogP contribution in [-0.4, -0.2) is 61.0 Å². The first kappa shape index (κ1) is 12.4. The van der Waals surface area contributed by atoms with Gasteiger partial charge in [-0.15, -0.1) is 0 Å². The minimum Gasteiger partial charge on any atom is -0.368 e. The van der Waals surface area contributed by atoms with Crippen molar-refractivity contribution >= 4 is 5.91 Å². The largest absolute Gasteiger partial charge is 0.368 e. The van der Waals surface area contributed by atoms with Crippen LogP contribution in [0.5, 0.6) is 0 Å². The summed E-state index contributed by atoms with van der Waals surface area (Å²) in [6.45, 7) is 6.32. The van der Waals surface area contributed by atoms with Crippen LogP contribution in [0.2, 0.25) is 0 Å². The molecule has 1 unspecified atom stereocenters. The van der Waals surface area contributed by atoms with Crippen molar-refractivity contribution in [1.82, 2.24) is 9.80 Å². The van der Waals surface area contributed by atoms with Gasteiger partial charge in [-0.2, -0.15) is 0 Å². The van der Waals surface area contributed by atoms with Gasteiger partial charge in [0, 0.05) is 19.6 Å². The van der Waals surface area contributed by atoms with Gasteiger partial charge in [0.25, 0.3) is 0 Å². The number of likely N-dealkylation sites (N-methyl/N-ethyl adjacent to an activating group) is 1. The van der Waals surface area contributed by atoms with Crippen LogP contribution in [0, 0.1) is 0 Å². The fourth-order valence-corrected chi connectivity index (χ4v) is 1.80. The monoisotopic (exact) mass is 214 g/mol. The molecule has 15 heavy (non-hydrogen) atoms. The Morgan fingerprint density at radius 1 is 1.33 bits per heavy atom. The smallest absolute Gasteiger partial charge is 0.238 e. The van der Waals surface area contributed by atoms with Gasteiger partial charge in [0.15, 0.2) is 0 Å². The first-order chi connectivity index (χ1) is 6.92. The van der Waals surface area contributed by atoms with Crippen LogP contribution in [0.4, 0.5) is 0 Å². The van der Waals surface area contributed by atoms with E-state index in [0.717, 1.165) is 32.6 Å². The highest BCUT2D eigenvalue weighted by atomic mass is 16.1. The molecule has 0 radical (unpaired) electrons. The molecule has 88 valence electrons. The molecule has 4 N–H and O–H groups in total. The minimum absolute atomic E-state index is 0.430. The second-order valence-electron chi connectivity index (χ2n) is 4.71. The maximum absolute atomic E-state index is 11.1. The fourth-order valence-electron chi connectivity index (χ4n) is 1.80. The van der Waals surface area contributed by atoms with Crippen molar-refractivity contribution < 1.29 is 4.79 Å². The zero-order valence-electron chi connectivity index (χ0n) is 9.70. The van der Waals surface area contributed by atoms with Crippen molar-refractivity contribution in [2.45, 2.75) is 18.9 Å². The highest BCUT2D eigenvalue weighted by molar-refractivity contribution is 5.84. The number of nitrogens with zero attached hydrogens (tertiary/aromatic N) is 2. The van der Waals surface area contributed by atoms with Crippen molar-refractivity contribution in [3.63, 3.8) is 0 Å². The van der Waals surface area contributed by atoms with Gasteiger partial charge < -0.3 is 16.4 Å². The molecule has 1 aliphatic heterocycles. The Balaban J connectivity index is 2.47. The van der Waals surface area contributed by atoms with Crippen molar-refractivity contribution in [2.24, 2.45) is 11.5 Å². The zero-order valence-corrected chi connectivity index (χ0v) is 9.70. The Labute approximate surface area is 91.4 Å². The molecule has 0 spiro atoms. The molecule has 0 aromatic heterocycles. The lowest BCUT2D eigenvalue weighted by atomic mass is 10.0. The van der Waals surface area contributed by atoms with E-state index in [0.29, 0.717) is 6.54 Å². The van der Waals surface area contributed by atoms with E-state index >= 15 is 0 Å². The van der Waals surface area contributed by atoms with Gasteiger partial charge in [0.2, 0.25) is 5.91 Å². The lowest BCUT2D eigenvalue weighted by molar-refractivity contribution is -0.123. The van der Waals surface area contributed by atoms with E-state index in [4.69, 9.17) is 11.5 Å². The molecule has 1 amide bonds. The van der Waals surface area contributed by atoms with Gasteiger partial charge >= 0.3 is 0 Å². The number of carbonyl (C=O) groups excluding carboxylic acids is 1. The number of rotatable bonds is 3. The molecule has 0 aromatic carbocycles. The van der Waals surface area contributed by atoms with E-state index in [1.165, 1.54) is 0 Å². The van der Waals surface area contributed by atoms with E-state index in [9.17, 15) is 4.79 Å². The third-order valence-corrected chi connectivity index (χ3v) is 2.93. The lowest BCUT2D eigenvalue weighted by Gasteiger charge is -2.29. The summed E-state index contributed by atoms with van der Waals surface area (Å²) in [4.78, 5) is 15.6. The molecule has 1 fully saturated rings. The van der Waals surface area contributed by atoms with E-state index < -0.39 is 11.4 Å². The average molecular weight is 214 g/mol. The number of amides is 1. The maximum atomic E-state index is 11.1. The first-order valence-electron chi connectivity index (χ1n) is 5.41. The molecule has 1 atom stereocenters. The van der Waals surface area contributed by atoms with Crippen molar-refractivity contribution in [3.8, 4) is 0 Å². The van der Waals surface area contributed by atoms with E-state index in [2.05, 4.69) is 16.8 Å².